The lowest BCUT2D eigenvalue weighted by Crippen LogP contribution is -2.56. The summed E-state index contributed by atoms with van der Waals surface area (Å²) >= 11 is 0. The molecule has 0 fully saturated rings. The van der Waals surface area contributed by atoms with Crippen LogP contribution in [0.2, 0.25) is 0 Å². The van der Waals surface area contributed by atoms with Crippen LogP contribution in [0.25, 0.3) is 0 Å². The van der Waals surface area contributed by atoms with Gasteiger partial charge in [0.15, 0.2) is 12.0 Å². The number of aliphatic hydroxyl groups is 1. The molecule has 0 rings (SSSR count). The number of guanidine groups is 1. The molecule has 0 aliphatic carbocycles. The number of aliphatic hydroxyl groups excluding tert-OH is 1. The molecule has 5 atom stereocenters. The fourth-order valence-electron chi connectivity index (χ4n) is 2.50. The standard InChI is InChI=1S/C18H35N7O6/c1-4-9(2)13(25-15(28)11(19)6-5-7-22-18(20)21)16(29)23-8-12(27)24-14(10(3)26)17(30)31/h9-11,13-14,26H,4-8,19H2,1-3H3,(H,23,29)(H,24,27)(H,25,28)(H,30,31)(H4,20,21,22). The highest BCUT2D eigenvalue weighted by molar-refractivity contribution is 5.92. The average Bonchev–Trinajstić information content (AvgIpc) is 2.69. The van der Waals surface area contributed by atoms with Gasteiger partial charge in [0.1, 0.15) is 6.04 Å². The third-order valence-corrected chi connectivity index (χ3v) is 4.59. The average molecular weight is 446 g/mol. The largest absolute Gasteiger partial charge is 0.480 e. The van der Waals surface area contributed by atoms with Crippen molar-refractivity contribution in [1.82, 2.24) is 16.0 Å². The van der Waals surface area contributed by atoms with Crippen molar-refractivity contribution in [2.75, 3.05) is 13.1 Å². The summed E-state index contributed by atoms with van der Waals surface area (Å²) < 4.78 is 0. The fraction of sp³-hybridized carbons (Fsp3) is 0.722. The van der Waals surface area contributed by atoms with Crippen molar-refractivity contribution in [3.05, 3.63) is 0 Å². The van der Waals surface area contributed by atoms with Gasteiger partial charge in [-0.2, -0.15) is 0 Å². The van der Waals surface area contributed by atoms with Crippen LogP contribution in [0.1, 0.15) is 40.0 Å². The van der Waals surface area contributed by atoms with Gasteiger partial charge in [0.05, 0.1) is 18.7 Å². The predicted molar refractivity (Wildman–Crippen MR) is 114 cm³/mol. The summed E-state index contributed by atoms with van der Waals surface area (Å²) in [5.74, 6) is -3.67. The summed E-state index contributed by atoms with van der Waals surface area (Å²) in [6.07, 6.45) is 0.0159. The minimum Gasteiger partial charge on any atom is -0.480 e. The highest BCUT2D eigenvalue weighted by Gasteiger charge is 2.29. The number of nitrogens with one attached hydrogen (secondary N) is 3. The van der Waals surface area contributed by atoms with E-state index in [0.717, 1.165) is 0 Å². The third kappa shape index (κ3) is 11.1. The number of carboxylic acids is 1. The first-order chi connectivity index (χ1) is 14.4. The van der Waals surface area contributed by atoms with Crippen LogP contribution in [0.3, 0.4) is 0 Å². The van der Waals surface area contributed by atoms with Gasteiger partial charge in [0.25, 0.3) is 0 Å². The van der Waals surface area contributed by atoms with Crippen molar-refractivity contribution in [2.24, 2.45) is 28.1 Å². The van der Waals surface area contributed by atoms with Crippen LogP contribution in [-0.4, -0.2) is 77.2 Å². The van der Waals surface area contributed by atoms with E-state index in [1.54, 1.807) is 6.92 Å². The number of hydrogen-bond acceptors (Lipinski definition) is 7. The van der Waals surface area contributed by atoms with Crippen LogP contribution >= 0.6 is 0 Å². The van der Waals surface area contributed by atoms with E-state index in [2.05, 4.69) is 20.9 Å². The monoisotopic (exact) mass is 445 g/mol. The van der Waals surface area contributed by atoms with Crippen molar-refractivity contribution in [3.63, 3.8) is 0 Å². The molecular formula is C18H35N7O6. The number of hydrogen-bond donors (Lipinski definition) is 8. The predicted octanol–water partition coefficient (Wildman–Crippen LogP) is -3.04. The van der Waals surface area contributed by atoms with E-state index < -0.39 is 54.5 Å². The van der Waals surface area contributed by atoms with Crippen LogP contribution in [0.4, 0.5) is 0 Å². The van der Waals surface area contributed by atoms with Crippen LogP contribution in [0, 0.1) is 5.92 Å². The maximum Gasteiger partial charge on any atom is 0.328 e. The van der Waals surface area contributed by atoms with Crippen LogP contribution in [0.15, 0.2) is 4.99 Å². The van der Waals surface area contributed by atoms with Gasteiger partial charge >= 0.3 is 5.97 Å². The topological polar surface area (TPSA) is 235 Å². The van der Waals surface area contributed by atoms with Crippen molar-refractivity contribution in [2.45, 2.75) is 64.3 Å². The molecule has 13 nitrogen and oxygen atoms in total. The second kappa shape index (κ2) is 14.1. The molecule has 0 saturated carbocycles. The number of aliphatic carboxylic acids is 1. The summed E-state index contributed by atoms with van der Waals surface area (Å²) in [6.45, 7) is 4.59. The number of carbonyl (C=O) groups is 4. The molecule has 0 radical (unpaired) electrons. The zero-order chi connectivity index (χ0) is 24.1. The van der Waals surface area contributed by atoms with Gasteiger partial charge in [0.2, 0.25) is 17.7 Å². The van der Waals surface area contributed by atoms with Crippen molar-refractivity contribution in [1.29, 1.82) is 0 Å². The number of carboxylic acid groups (broad SMARTS) is 1. The molecule has 0 aliphatic heterocycles. The molecule has 31 heavy (non-hydrogen) atoms. The first-order valence-electron chi connectivity index (χ1n) is 9.99. The van der Waals surface area contributed by atoms with Gasteiger partial charge in [-0.15, -0.1) is 0 Å². The van der Waals surface area contributed by atoms with Crippen molar-refractivity contribution >= 4 is 29.7 Å². The Morgan fingerprint density at radius 2 is 1.65 bits per heavy atom. The molecule has 0 aromatic heterocycles. The molecule has 13 heteroatoms. The SMILES string of the molecule is CCC(C)C(NC(=O)C(N)CCCN=C(N)N)C(=O)NCC(=O)NC(C(=O)O)C(C)O. The van der Waals surface area contributed by atoms with E-state index in [0.29, 0.717) is 25.8 Å². The first kappa shape index (κ1) is 28.1. The Kier molecular flexibility index (Phi) is 12.8. The van der Waals surface area contributed by atoms with E-state index in [1.807, 2.05) is 6.92 Å². The second-order valence-corrected chi connectivity index (χ2v) is 7.27. The molecule has 5 unspecified atom stereocenters. The quantitative estimate of drug-likeness (QED) is 0.0769. The number of aliphatic imine (C=N–C) groups is 1. The fourth-order valence-corrected chi connectivity index (χ4v) is 2.50. The van der Waals surface area contributed by atoms with Crippen molar-refractivity contribution in [3.8, 4) is 0 Å². The van der Waals surface area contributed by atoms with E-state index >= 15 is 0 Å². The highest BCUT2D eigenvalue weighted by atomic mass is 16.4. The lowest BCUT2D eigenvalue weighted by atomic mass is 9.97. The van der Waals surface area contributed by atoms with Crippen LogP contribution in [0.5, 0.6) is 0 Å². The van der Waals surface area contributed by atoms with Gasteiger partial charge in [-0.25, -0.2) is 4.79 Å². The zero-order valence-electron chi connectivity index (χ0n) is 18.1. The van der Waals surface area contributed by atoms with Gasteiger partial charge in [-0.3, -0.25) is 19.4 Å². The molecule has 0 bridgehead atoms. The summed E-state index contributed by atoms with van der Waals surface area (Å²) in [6, 6.07) is -3.33. The van der Waals surface area contributed by atoms with Gasteiger partial charge in [-0.05, 0) is 25.7 Å². The Bertz CT molecular complexity index is 651. The lowest BCUT2D eigenvalue weighted by Gasteiger charge is -2.25. The van der Waals surface area contributed by atoms with Crippen molar-refractivity contribution < 1.29 is 29.4 Å². The number of amides is 3. The van der Waals surface area contributed by atoms with Crippen LogP contribution in [-0.2, 0) is 19.2 Å². The molecule has 178 valence electrons. The molecule has 0 aliphatic rings. The summed E-state index contributed by atoms with van der Waals surface area (Å²) in [7, 11) is 0. The Hall–Kier alpha value is -2.93. The third-order valence-electron chi connectivity index (χ3n) is 4.59. The maximum absolute atomic E-state index is 12.5. The zero-order valence-corrected chi connectivity index (χ0v) is 18.1. The Labute approximate surface area is 181 Å². The summed E-state index contributed by atoms with van der Waals surface area (Å²) in [5.41, 5.74) is 16.3. The maximum atomic E-state index is 12.5. The Morgan fingerprint density at radius 3 is 2.13 bits per heavy atom. The normalized spacial score (nSPS) is 15.5. The molecule has 0 spiro atoms. The molecule has 0 heterocycles. The van der Waals surface area contributed by atoms with Crippen LogP contribution < -0.4 is 33.2 Å². The molecule has 0 saturated heterocycles. The van der Waals surface area contributed by atoms with Gasteiger partial charge in [-0.1, -0.05) is 20.3 Å². The van der Waals surface area contributed by atoms with E-state index in [9.17, 15) is 24.3 Å². The molecule has 11 N–H and O–H groups in total. The van der Waals surface area contributed by atoms with Gasteiger partial charge in [0, 0.05) is 6.54 Å². The smallest absolute Gasteiger partial charge is 0.328 e. The molecule has 0 aromatic rings. The minimum atomic E-state index is -1.51. The molecule has 0 aromatic carbocycles. The van der Waals surface area contributed by atoms with E-state index in [1.165, 1.54) is 6.92 Å². The Balaban J connectivity index is 4.83. The number of carbonyl (C=O) groups excluding carboxylic acids is 3. The lowest BCUT2D eigenvalue weighted by molar-refractivity contribution is -0.144. The number of nitrogens with zero attached hydrogens (tertiary/aromatic N) is 1. The van der Waals surface area contributed by atoms with E-state index in [-0.39, 0.29) is 11.9 Å². The van der Waals surface area contributed by atoms with E-state index in [4.69, 9.17) is 22.3 Å². The summed E-state index contributed by atoms with van der Waals surface area (Å²) in [5, 5.41) is 25.4. The Morgan fingerprint density at radius 1 is 1.03 bits per heavy atom. The minimum absolute atomic E-state index is 0.0568. The molecule has 3 amide bonds. The first-order valence-corrected chi connectivity index (χ1v) is 9.99. The second-order valence-electron chi connectivity index (χ2n) is 7.27. The highest BCUT2D eigenvalue weighted by Crippen LogP contribution is 2.09. The molecular weight excluding hydrogens is 410 g/mol. The number of nitrogens with two attached hydrogens (primary N) is 3. The van der Waals surface area contributed by atoms with Gasteiger partial charge < -0.3 is 43.4 Å². The summed E-state index contributed by atoms with van der Waals surface area (Å²) in [4.78, 5) is 51.6. The number of rotatable bonds is 14.